The van der Waals surface area contributed by atoms with Gasteiger partial charge in [0.05, 0.1) is 0 Å². The third-order valence-corrected chi connectivity index (χ3v) is 5.55. The van der Waals surface area contributed by atoms with E-state index >= 15 is 0 Å². The third kappa shape index (κ3) is 3.37. The molecule has 0 aliphatic heterocycles. The molecule has 2 aromatic carbocycles. The van der Waals surface area contributed by atoms with Gasteiger partial charge < -0.3 is 10.0 Å². The Hall–Kier alpha value is -1.72. The molecule has 1 fully saturated rings. The van der Waals surface area contributed by atoms with E-state index in [1.54, 1.807) is 6.07 Å². The van der Waals surface area contributed by atoms with Crippen molar-refractivity contribution >= 4 is 23.5 Å². The Morgan fingerprint density at radius 2 is 1.88 bits per heavy atom. The van der Waals surface area contributed by atoms with E-state index in [0.29, 0.717) is 11.8 Å². The highest BCUT2D eigenvalue weighted by Crippen LogP contribution is 2.64. The number of halogens is 1. The quantitative estimate of drug-likeness (QED) is 0.651. The molecule has 24 heavy (non-hydrogen) atoms. The molecule has 1 aliphatic carbocycles. The van der Waals surface area contributed by atoms with Crippen molar-refractivity contribution < 1.29 is 4.39 Å². The van der Waals surface area contributed by atoms with Gasteiger partial charge in [-0.3, -0.25) is 5.14 Å². The van der Waals surface area contributed by atoms with E-state index in [4.69, 9.17) is 5.14 Å². The maximum absolute atomic E-state index is 13.2. The van der Waals surface area contributed by atoms with Crippen LogP contribution < -0.4 is 15.2 Å². The maximum Gasteiger partial charge on any atom is 0.123 e. The summed E-state index contributed by atoms with van der Waals surface area (Å²) in [5.74, 6) is 0.905. The van der Waals surface area contributed by atoms with Crippen molar-refractivity contribution in [3.63, 3.8) is 0 Å². The fraction of sp³-hybridized carbons (Fsp3) is 0.368. The van der Waals surface area contributed by atoms with Gasteiger partial charge in [-0.1, -0.05) is 26.0 Å². The summed E-state index contributed by atoms with van der Waals surface area (Å²) in [5, 5.41) is 8.92. The second-order valence-electron chi connectivity index (χ2n) is 7.09. The molecule has 2 unspecified atom stereocenters. The molecule has 0 spiro atoms. The average molecular weight is 345 g/mol. The van der Waals surface area contributed by atoms with Crippen molar-refractivity contribution in [1.82, 2.24) is 0 Å². The molecule has 0 heterocycles. The largest absolute Gasteiger partial charge is 0.385 e. The van der Waals surface area contributed by atoms with Crippen LogP contribution in [-0.2, 0) is 0 Å². The van der Waals surface area contributed by atoms with Gasteiger partial charge in [-0.2, -0.15) is 0 Å². The Bertz CT molecular complexity index is 715. The zero-order valence-corrected chi connectivity index (χ0v) is 15.1. The van der Waals surface area contributed by atoms with Gasteiger partial charge in [-0.05, 0) is 65.6 Å². The molecular formula is C19H24FN3S. The lowest BCUT2D eigenvalue weighted by atomic mass is 10.0. The van der Waals surface area contributed by atoms with E-state index < -0.39 is 0 Å². The van der Waals surface area contributed by atoms with Crippen molar-refractivity contribution in [2.45, 2.75) is 26.7 Å². The summed E-state index contributed by atoms with van der Waals surface area (Å²) in [6.45, 7) is 7.44. The SMILES string of the molecule is Cc1cc(F)ccc1NCC1C(c2ccc(NSN)cc2)C1(C)C. The molecule has 128 valence electrons. The monoisotopic (exact) mass is 345 g/mol. The molecule has 0 aromatic heterocycles. The minimum Gasteiger partial charge on any atom is -0.385 e. The van der Waals surface area contributed by atoms with Crippen LogP contribution >= 0.6 is 12.1 Å². The van der Waals surface area contributed by atoms with Crippen LogP contribution in [0.5, 0.6) is 0 Å². The van der Waals surface area contributed by atoms with Crippen LogP contribution in [0.4, 0.5) is 15.8 Å². The molecule has 0 saturated heterocycles. The summed E-state index contributed by atoms with van der Waals surface area (Å²) in [6.07, 6.45) is 0. The molecule has 0 amide bonds. The van der Waals surface area contributed by atoms with Crippen LogP contribution in [0.15, 0.2) is 42.5 Å². The number of hydrogen-bond donors (Lipinski definition) is 3. The molecular weight excluding hydrogens is 321 g/mol. The van der Waals surface area contributed by atoms with Gasteiger partial charge >= 0.3 is 0 Å². The summed E-state index contributed by atoms with van der Waals surface area (Å²) in [4.78, 5) is 0. The van der Waals surface area contributed by atoms with Crippen molar-refractivity contribution in [2.24, 2.45) is 16.5 Å². The first-order valence-corrected chi connectivity index (χ1v) is 9.03. The average Bonchev–Trinajstić information content (AvgIpc) is 3.08. The van der Waals surface area contributed by atoms with Crippen LogP contribution in [0.2, 0.25) is 0 Å². The smallest absolute Gasteiger partial charge is 0.123 e. The van der Waals surface area contributed by atoms with Gasteiger partial charge in [-0.25, -0.2) is 4.39 Å². The van der Waals surface area contributed by atoms with Crippen molar-refractivity contribution in [2.75, 3.05) is 16.6 Å². The summed E-state index contributed by atoms with van der Waals surface area (Å²) >= 11 is 1.11. The predicted octanol–water partition coefficient (Wildman–Crippen LogP) is 4.92. The van der Waals surface area contributed by atoms with Gasteiger partial charge in [0, 0.05) is 30.1 Å². The number of aryl methyl sites for hydroxylation is 1. The first-order chi connectivity index (χ1) is 11.4. The molecule has 2 atom stereocenters. The van der Waals surface area contributed by atoms with Gasteiger partial charge in [0.25, 0.3) is 0 Å². The molecule has 0 radical (unpaired) electrons. The fourth-order valence-corrected chi connectivity index (χ4v) is 3.93. The number of benzene rings is 2. The van der Waals surface area contributed by atoms with Crippen molar-refractivity contribution in [1.29, 1.82) is 0 Å². The lowest BCUT2D eigenvalue weighted by Gasteiger charge is -2.10. The van der Waals surface area contributed by atoms with Crippen molar-refractivity contribution in [3.05, 3.63) is 59.4 Å². The standard InChI is InChI=1S/C19H24FN3S/c1-12-10-14(20)6-9-17(12)22-11-16-18(19(16,2)3)13-4-7-15(8-5-13)23-24-21/h4-10,16,18,22-23H,11,21H2,1-3H3. The minimum atomic E-state index is -0.188. The highest BCUT2D eigenvalue weighted by molar-refractivity contribution is 7.98. The molecule has 1 saturated carbocycles. The summed E-state index contributed by atoms with van der Waals surface area (Å²) in [7, 11) is 0. The number of anilines is 2. The Morgan fingerprint density at radius 1 is 1.17 bits per heavy atom. The highest BCUT2D eigenvalue weighted by Gasteiger charge is 2.57. The Balaban J connectivity index is 1.66. The van der Waals surface area contributed by atoms with E-state index in [2.05, 4.69) is 48.2 Å². The van der Waals surface area contributed by atoms with E-state index in [1.807, 2.05) is 13.0 Å². The highest BCUT2D eigenvalue weighted by atomic mass is 32.2. The van der Waals surface area contributed by atoms with Crippen LogP contribution in [0.25, 0.3) is 0 Å². The number of nitrogens with one attached hydrogen (secondary N) is 2. The van der Waals surface area contributed by atoms with Gasteiger partial charge in [0.1, 0.15) is 5.82 Å². The second-order valence-corrected chi connectivity index (χ2v) is 7.53. The lowest BCUT2D eigenvalue weighted by Crippen LogP contribution is -2.08. The molecule has 3 rings (SSSR count). The number of nitrogens with two attached hydrogens (primary N) is 1. The van der Waals surface area contributed by atoms with Gasteiger partial charge in [0.2, 0.25) is 0 Å². The summed E-state index contributed by atoms with van der Waals surface area (Å²) in [6, 6.07) is 13.4. The number of hydrogen-bond acceptors (Lipinski definition) is 4. The van der Waals surface area contributed by atoms with E-state index in [-0.39, 0.29) is 11.2 Å². The van der Waals surface area contributed by atoms with E-state index in [9.17, 15) is 4.39 Å². The number of rotatable bonds is 6. The second kappa shape index (κ2) is 6.65. The molecule has 4 N–H and O–H groups in total. The Kier molecular flexibility index (Phi) is 4.74. The third-order valence-electron chi connectivity index (χ3n) is 5.20. The van der Waals surface area contributed by atoms with E-state index in [0.717, 1.165) is 35.6 Å². The molecule has 2 aromatic rings. The normalized spacial score (nSPS) is 21.4. The topological polar surface area (TPSA) is 50.1 Å². The van der Waals surface area contributed by atoms with Gasteiger partial charge in [0.15, 0.2) is 0 Å². The zero-order valence-electron chi connectivity index (χ0n) is 14.3. The van der Waals surface area contributed by atoms with Crippen LogP contribution in [-0.4, -0.2) is 6.54 Å². The first-order valence-electron chi connectivity index (χ1n) is 8.15. The van der Waals surface area contributed by atoms with Crippen LogP contribution in [0.3, 0.4) is 0 Å². The molecule has 3 nitrogen and oxygen atoms in total. The van der Waals surface area contributed by atoms with E-state index in [1.165, 1.54) is 11.6 Å². The lowest BCUT2D eigenvalue weighted by molar-refractivity contribution is 0.565. The Morgan fingerprint density at radius 3 is 2.50 bits per heavy atom. The van der Waals surface area contributed by atoms with Crippen molar-refractivity contribution in [3.8, 4) is 0 Å². The molecule has 5 heteroatoms. The summed E-state index contributed by atoms with van der Waals surface area (Å²) in [5.41, 5.74) is 4.59. The zero-order chi connectivity index (χ0) is 17.3. The minimum absolute atomic E-state index is 0.188. The van der Waals surface area contributed by atoms with Gasteiger partial charge in [-0.15, -0.1) is 0 Å². The van der Waals surface area contributed by atoms with Crippen LogP contribution in [0.1, 0.15) is 30.9 Å². The molecule has 0 bridgehead atoms. The predicted molar refractivity (Wildman–Crippen MR) is 101 cm³/mol. The van der Waals surface area contributed by atoms with Crippen LogP contribution in [0, 0.1) is 24.1 Å². The fourth-order valence-electron chi connectivity index (χ4n) is 3.66. The molecule has 1 aliphatic rings. The maximum atomic E-state index is 13.2. The summed E-state index contributed by atoms with van der Waals surface area (Å²) < 4.78 is 16.2. The Labute approximate surface area is 147 Å². The first kappa shape index (κ1) is 17.1.